The molecule has 0 bridgehead atoms. The third kappa shape index (κ3) is 3.58. The molecule has 0 amide bonds. The Balaban J connectivity index is 1.77. The van der Waals surface area contributed by atoms with Crippen molar-refractivity contribution < 1.29 is 22.9 Å². The Morgan fingerprint density at radius 3 is 2.14 bits per heavy atom. The zero-order valence-electron chi connectivity index (χ0n) is 19.0. The summed E-state index contributed by atoms with van der Waals surface area (Å²) in [5.41, 5.74) is 11.4. The third-order valence-corrected chi connectivity index (χ3v) is 14.9. The van der Waals surface area contributed by atoms with Gasteiger partial charge in [-0.3, -0.25) is 0 Å². The molecule has 1 heteroatoms. The van der Waals surface area contributed by atoms with Crippen LogP contribution in [-0.4, -0.2) is 0 Å². The summed E-state index contributed by atoms with van der Waals surface area (Å²) in [6.45, 7) is 14.4. The topological polar surface area (TPSA) is 0 Å². The van der Waals surface area contributed by atoms with Gasteiger partial charge in [-0.2, -0.15) is 0 Å². The fourth-order valence-electron chi connectivity index (χ4n) is 5.21. The summed E-state index contributed by atoms with van der Waals surface area (Å²) in [5, 5.41) is 2.81. The van der Waals surface area contributed by atoms with E-state index in [-0.39, 0.29) is 0 Å². The standard InChI is InChI=1S/C18H19.C10H15.Hf/c1-2-3-4-7-14-10-11-17-12-15-8-5-6-9-16(15)13-18(14)17;1-6-7(2)9(4)10(5)8(6)3;/h5-6,8-9,12-13H,2-4,7,11H2,1H3;1-5H3;. The van der Waals surface area contributed by atoms with E-state index in [1.165, 1.54) is 42.9 Å². The van der Waals surface area contributed by atoms with Gasteiger partial charge in [0.05, 0.1) is 0 Å². The second-order valence-electron chi connectivity index (χ2n) is 9.20. The molecule has 0 fully saturated rings. The molecule has 0 N–H and O–H groups in total. The number of fused-ring (bicyclic) bond motifs is 2. The Hall–Kier alpha value is -1.21. The first-order valence-electron chi connectivity index (χ1n) is 11.2. The third-order valence-electron chi connectivity index (χ3n) is 7.65. The first-order valence-corrected chi connectivity index (χ1v) is 14.8. The van der Waals surface area contributed by atoms with Gasteiger partial charge in [0.15, 0.2) is 0 Å². The molecule has 0 atom stereocenters. The summed E-state index contributed by atoms with van der Waals surface area (Å²) < 4.78 is 2.26. The van der Waals surface area contributed by atoms with Gasteiger partial charge in [0.2, 0.25) is 0 Å². The number of benzene rings is 2. The predicted molar refractivity (Wildman–Crippen MR) is 124 cm³/mol. The number of hydrogen-bond donors (Lipinski definition) is 0. The van der Waals surface area contributed by atoms with Crippen LogP contribution in [0.3, 0.4) is 0 Å². The Morgan fingerprint density at radius 2 is 1.52 bits per heavy atom. The summed E-state index contributed by atoms with van der Waals surface area (Å²) in [6, 6.07) is 13.9. The van der Waals surface area contributed by atoms with Crippen molar-refractivity contribution in [1.29, 1.82) is 0 Å². The van der Waals surface area contributed by atoms with Crippen LogP contribution in [0.5, 0.6) is 0 Å². The molecule has 0 nitrogen and oxygen atoms in total. The van der Waals surface area contributed by atoms with Gasteiger partial charge in [-0.05, 0) is 0 Å². The van der Waals surface area contributed by atoms with Gasteiger partial charge in [-0.1, -0.05) is 0 Å². The predicted octanol–water partition coefficient (Wildman–Crippen LogP) is 8.63. The fourth-order valence-corrected chi connectivity index (χ4v) is 12.6. The number of hydrogen-bond acceptors (Lipinski definition) is 0. The van der Waals surface area contributed by atoms with E-state index in [0.29, 0.717) is 3.17 Å². The molecule has 2 aromatic rings. The summed E-state index contributed by atoms with van der Waals surface area (Å²) in [5.74, 6) is 0. The van der Waals surface area contributed by atoms with Crippen molar-refractivity contribution in [2.45, 2.75) is 76.8 Å². The molecule has 0 radical (unpaired) electrons. The Bertz CT molecular complexity index is 1040. The average molecular weight is 549 g/mol. The average Bonchev–Trinajstić information content (AvgIpc) is 3.11. The van der Waals surface area contributed by atoms with Gasteiger partial charge in [0.1, 0.15) is 0 Å². The van der Waals surface area contributed by atoms with E-state index < -0.39 is 22.9 Å². The molecule has 4 rings (SSSR count). The summed E-state index contributed by atoms with van der Waals surface area (Å²) in [6.07, 6.45) is 6.49. The summed E-state index contributed by atoms with van der Waals surface area (Å²) in [7, 11) is 0. The van der Waals surface area contributed by atoms with Crippen LogP contribution in [0.25, 0.3) is 16.3 Å². The van der Waals surface area contributed by atoms with E-state index >= 15 is 0 Å². The van der Waals surface area contributed by atoms with Gasteiger partial charge in [0, 0.05) is 0 Å². The van der Waals surface area contributed by atoms with Crippen LogP contribution < -0.4 is 0 Å². The Morgan fingerprint density at radius 1 is 0.897 bits per heavy atom. The number of allylic oxidation sites excluding steroid dienone is 6. The monoisotopic (exact) mass is 550 g/mol. The second-order valence-corrected chi connectivity index (χ2v) is 15.9. The van der Waals surface area contributed by atoms with Gasteiger partial charge in [0.25, 0.3) is 0 Å². The van der Waals surface area contributed by atoms with Crippen LogP contribution in [-0.2, 0) is 29.3 Å². The molecule has 0 saturated heterocycles. The van der Waals surface area contributed by atoms with Crippen molar-refractivity contribution in [2.75, 3.05) is 0 Å². The van der Waals surface area contributed by atoms with Gasteiger partial charge < -0.3 is 0 Å². The van der Waals surface area contributed by atoms with Crippen LogP contribution in [0.4, 0.5) is 0 Å². The number of unbranched alkanes of at least 4 members (excludes halogenated alkanes) is 2. The zero-order valence-corrected chi connectivity index (χ0v) is 22.6. The van der Waals surface area contributed by atoms with E-state index in [1.54, 1.807) is 39.0 Å². The first-order chi connectivity index (χ1) is 13.9. The fraction of sp³-hybridized carbons (Fsp3) is 0.429. The van der Waals surface area contributed by atoms with E-state index in [4.69, 9.17) is 0 Å². The molecule has 0 aliphatic heterocycles. The molecule has 2 aromatic carbocycles. The maximum absolute atomic E-state index is 2.57. The van der Waals surface area contributed by atoms with Crippen LogP contribution in [0.2, 0.25) is 3.17 Å². The number of rotatable bonds is 6. The van der Waals surface area contributed by atoms with Crippen molar-refractivity contribution >= 4 is 16.3 Å². The van der Waals surface area contributed by atoms with Crippen molar-refractivity contribution in [3.05, 3.63) is 73.1 Å². The summed E-state index contributed by atoms with van der Waals surface area (Å²) in [4.78, 5) is 0. The SMILES string of the molecule is CCCCCC1=[C]([Hf][C]2(C)C(C)=C(C)C(C)=C2C)Cc2cc3ccccc3cc21. The normalized spacial score (nSPS) is 18.3. The quantitative estimate of drug-likeness (QED) is 0.250. The minimum absolute atomic E-state index is 0.376. The molecule has 0 spiro atoms. The molecule has 29 heavy (non-hydrogen) atoms. The molecule has 0 saturated carbocycles. The molecule has 0 unspecified atom stereocenters. The molecule has 0 heterocycles. The first kappa shape index (κ1) is 21.0. The Labute approximate surface area is 188 Å². The van der Waals surface area contributed by atoms with E-state index in [0.717, 1.165) is 0 Å². The second kappa shape index (κ2) is 8.14. The van der Waals surface area contributed by atoms with Gasteiger partial charge >= 0.3 is 189 Å². The van der Waals surface area contributed by atoms with Crippen molar-refractivity contribution in [3.63, 3.8) is 0 Å². The van der Waals surface area contributed by atoms with Crippen molar-refractivity contribution in [1.82, 2.24) is 0 Å². The molecular weight excluding hydrogens is 515 g/mol. The van der Waals surface area contributed by atoms with Crippen molar-refractivity contribution in [3.8, 4) is 0 Å². The molecule has 0 aromatic heterocycles. The van der Waals surface area contributed by atoms with Gasteiger partial charge in [-0.25, -0.2) is 0 Å². The molecular formula is C28H34Hf. The van der Waals surface area contributed by atoms with Crippen LogP contribution >= 0.6 is 0 Å². The Kier molecular flexibility index (Phi) is 5.90. The maximum atomic E-state index is 2.57. The summed E-state index contributed by atoms with van der Waals surface area (Å²) >= 11 is -1.07. The van der Waals surface area contributed by atoms with E-state index in [9.17, 15) is 0 Å². The molecule has 2 aliphatic rings. The van der Waals surface area contributed by atoms with E-state index in [2.05, 4.69) is 77.9 Å². The van der Waals surface area contributed by atoms with E-state index in [1.807, 2.05) is 3.33 Å². The van der Waals surface area contributed by atoms with Crippen LogP contribution in [0.1, 0.15) is 78.4 Å². The van der Waals surface area contributed by atoms with Crippen LogP contribution in [0.15, 0.2) is 62.0 Å². The van der Waals surface area contributed by atoms with Gasteiger partial charge in [-0.15, -0.1) is 0 Å². The zero-order chi connectivity index (χ0) is 20.8. The van der Waals surface area contributed by atoms with Crippen molar-refractivity contribution in [2.24, 2.45) is 0 Å². The molecule has 150 valence electrons. The molecule has 2 aliphatic carbocycles. The minimum atomic E-state index is -1.07. The van der Waals surface area contributed by atoms with Crippen LogP contribution in [0, 0.1) is 0 Å².